The van der Waals surface area contributed by atoms with Crippen LogP contribution in [0.3, 0.4) is 0 Å². The zero-order valence-corrected chi connectivity index (χ0v) is 15.8. The highest BCUT2D eigenvalue weighted by molar-refractivity contribution is 6.07. The maximum absolute atomic E-state index is 13.0. The van der Waals surface area contributed by atoms with Gasteiger partial charge in [-0.05, 0) is 31.0 Å². The minimum Gasteiger partial charge on any atom is -0.342 e. The molecule has 0 saturated carbocycles. The third-order valence-electron chi connectivity index (χ3n) is 5.90. The first kappa shape index (κ1) is 20.2. The number of benzene rings is 1. The zero-order chi connectivity index (χ0) is 21.7. The van der Waals surface area contributed by atoms with Crippen molar-refractivity contribution in [2.24, 2.45) is 5.92 Å². The third kappa shape index (κ3) is 3.48. The minimum atomic E-state index is -4.53. The smallest absolute Gasteiger partial charge is 0.342 e. The number of carbonyl (C=O) groups is 4. The molecule has 4 rings (SSSR count). The second kappa shape index (κ2) is 6.99. The van der Waals surface area contributed by atoms with Crippen molar-refractivity contribution in [1.29, 1.82) is 0 Å². The number of hydrogen-bond acceptors (Lipinski definition) is 4. The largest absolute Gasteiger partial charge is 0.416 e. The van der Waals surface area contributed by atoms with Gasteiger partial charge in [-0.25, -0.2) is 4.79 Å². The van der Waals surface area contributed by atoms with E-state index in [4.69, 9.17) is 0 Å². The van der Waals surface area contributed by atoms with Crippen LogP contribution in [0, 0.1) is 5.92 Å². The van der Waals surface area contributed by atoms with Gasteiger partial charge in [-0.1, -0.05) is 6.07 Å². The molecule has 1 atom stereocenters. The second-order valence-corrected chi connectivity index (χ2v) is 7.77. The Balaban J connectivity index is 1.42. The highest BCUT2D eigenvalue weighted by atomic mass is 19.4. The van der Waals surface area contributed by atoms with Crippen LogP contribution in [0.4, 0.5) is 23.7 Å². The average molecular weight is 424 g/mol. The van der Waals surface area contributed by atoms with Gasteiger partial charge in [0.2, 0.25) is 11.8 Å². The first-order valence-electron chi connectivity index (χ1n) is 9.49. The van der Waals surface area contributed by atoms with E-state index in [-0.39, 0.29) is 50.5 Å². The van der Waals surface area contributed by atoms with Crippen molar-refractivity contribution in [3.05, 3.63) is 29.8 Å². The number of anilines is 1. The van der Waals surface area contributed by atoms with E-state index in [0.29, 0.717) is 0 Å². The monoisotopic (exact) mass is 424 g/mol. The Morgan fingerprint density at radius 3 is 2.43 bits per heavy atom. The van der Waals surface area contributed by atoms with Crippen LogP contribution < -0.4 is 15.5 Å². The van der Waals surface area contributed by atoms with Crippen LogP contribution in [-0.2, 0) is 20.6 Å². The fraction of sp³-hybridized carbons (Fsp3) is 0.474. The van der Waals surface area contributed by atoms with Crippen LogP contribution in [0.1, 0.15) is 24.8 Å². The zero-order valence-electron chi connectivity index (χ0n) is 15.8. The number of hydrogen-bond donors (Lipinski definition) is 2. The number of imide groups is 1. The van der Waals surface area contributed by atoms with Crippen LogP contribution in [0.5, 0.6) is 0 Å². The molecule has 2 N–H and O–H groups in total. The van der Waals surface area contributed by atoms with Gasteiger partial charge < -0.3 is 15.1 Å². The number of alkyl halides is 3. The van der Waals surface area contributed by atoms with Crippen LogP contribution in [0.25, 0.3) is 0 Å². The molecule has 1 aromatic rings. The molecule has 3 aliphatic heterocycles. The molecule has 0 bridgehead atoms. The molecular weight excluding hydrogens is 405 g/mol. The summed E-state index contributed by atoms with van der Waals surface area (Å²) in [5.41, 5.74) is -1.77. The molecular formula is C19H19F3N4O4. The van der Waals surface area contributed by atoms with Crippen molar-refractivity contribution in [3.63, 3.8) is 0 Å². The fourth-order valence-electron chi connectivity index (χ4n) is 4.22. The summed E-state index contributed by atoms with van der Waals surface area (Å²) in [6, 6.07) is 3.90. The van der Waals surface area contributed by atoms with E-state index in [0.717, 1.165) is 12.1 Å². The van der Waals surface area contributed by atoms with E-state index in [9.17, 15) is 32.3 Å². The summed E-state index contributed by atoms with van der Waals surface area (Å²) in [6.07, 6.45) is -4.10. The van der Waals surface area contributed by atoms with Crippen molar-refractivity contribution in [2.75, 3.05) is 24.5 Å². The second-order valence-electron chi connectivity index (χ2n) is 7.77. The summed E-state index contributed by atoms with van der Waals surface area (Å²) in [6.45, 7) is 0.472. The molecule has 1 spiro atoms. The van der Waals surface area contributed by atoms with E-state index < -0.39 is 41.0 Å². The van der Waals surface area contributed by atoms with Crippen molar-refractivity contribution in [3.8, 4) is 0 Å². The SMILES string of the molecule is O=C1NC(=O)C2(CCN(C(=O)[C@@H]3CC(=O)N(c4cccc(C(F)(F)F)c4)C3)CC2)N1. The third-order valence-corrected chi connectivity index (χ3v) is 5.90. The predicted octanol–water partition coefficient (Wildman–Crippen LogP) is 1.26. The maximum atomic E-state index is 13.0. The lowest BCUT2D eigenvalue weighted by Crippen LogP contribution is -2.56. The summed E-state index contributed by atoms with van der Waals surface area (Å²) < 4.78 is 38.9. The highest BCUT2D eigenvalue weighted by Gasteiger charge is 2.49. The average Bonchev–Trinajstić information content (AvgIpc) is 3.21. The standard InChI is InChI=1S/C19H19F3N4O4/c20-19(21,22)12-2-1-3-13(9-12)26-10-11(8-14(26)27)15(28)25-6-4-18(5-7-25)16(29)23-17(30)24-18/h1-3,9,11H,4-8,10H2,(H2,23,24,29,30)/t11-/m1/s1. The van der Waals surface area contributed by atoms with Crippen LogP contribution >= 0.6 is 0 Å². The van der Waals surface area contributed by atoms with Crippen molar-refractivity contribution in [1.82, 2.24) is 15.5 Å². The van der Waals surface area contributed by atoms with Gasteiger partial charge in [-0.15, -0.1) is 0 Å². The molecule has 30 heavy (non-hydrogen) atoms. The molecule has 11 heteroatoms. The Morgan fingerprint density at radius 2 is 1.83 bits per heavy atom. The maximum Gasteiger partial charge on any atom is 0.416 e. The van der Waals surface area contributed by atoms with Crippen LogP contribution in [-0.4, -0.2) is 53.8 Å². The Morgan fingerprint density at radius 1 is 1.13 bits per heavy atom. The number of halogens is 3. The molecule has 0 radical (unpaired) electrons. The normalized spacial score (nSPS) is 23.7. The molecule has 0 unspecified atom stereocenters. The molecule has 3 aliphatic rings. The van der Waals surface area contributed by atoms with Gasteiger partial charge in [0.25, 0.3) is 5.91 Å². The molecule has 0 aliphatic carbocycles. The summed E-state index contributed by atoms with van der Waals surface area (Å²) in [5, 5.41) is 4.81. The van der Waals surface area contributed by atoms with Gasteiger partial charge in [0.05, 0.1) is 11.5 Å². The highest BCUT2D eigenvalue weighted by Crippen LogP contribution is 2.34. The quantitative estimate of drug-likeness (QED) is 0.699. The molecule has 3 heterocycles. The summed E-state index contributed by atoms with van der Waals surface area (Å²) in [4.78, 5) is 51.4. The van der Waals surface area contributed by atoms with E-state index in [1.54, 1.807) is 0 Å². The summed E-state index contributed by atoms with van der Waals surface area (Å²) in [5.74, 6) is -1.78. The molecule has 3 saturated heterocycles. The first-order valence-corrected chi connectivity index (χ1v) is 9.49. The van der Waals surface area contributed by atoms with Gasteiger partial charge in [0, 0.05) is 31.7 Å². The molecule has 5 amide bonds. The number of rotatable bonds is 2. The molecule has 8 nitrogen and oxygen atoms in total. The number of nitrogens with one attached hydrogen (secondary N) is 2. The Hall–Kier alpha value is -3.11. The molecule has 3 fully saturated rings. The van der Waals surface area contributed by atoms with Gasteiger partial charge in [0.1, 0.15) is 5.54 Å². The van der Waals surface area contributed by atoms with Gasteiger partial charge >= 0.3 is 12.2 Å². The van der Waals surface area contributed by atoms with Crippen molar-refractivity contribution >= 4 is 29.4 Å². The number of carbonyl (C=O) groups excluding carboxylic acids is 4. The Kier molecular flexibility index (Phi) is 4.70. The van der Waals surface area contributed by atoms with Crippen LogP contribution in [0.15, 0.2) is 24.3 Å². The van der Waals surface area contributed by atoms with E-state index in [1.807, 2.05) is 0 Å². The first-order chi connectivity index (χ1) is 14.1. The van der Waals surface area contributed by atoms with Crippen molar-refractivity contribution < 1.29 is 32.3 Å². The summed E-state index contributed by atoms with van der Waals surface area (Å²) in [7, 11) is 0. The molecule has 1 aromatic carbocycles. The Labute approximate surface area is 169 Å². The number of amides is 5. The number of nitrogens with zero attached hydrogens (tertiary/aromatic N) is 2. The van der Waals surface area contributed by atoms with Gasteiger partial charge in [0.15, 0.2) is 0 Å². The Bertz CT molecular complexity index is 925. The number of likely N-dealkylation sites (tertiary alicyclic amines) is 1. The van der Waals surface area contributed by atoms with Gasteiger partial charge in [-0.3, -0.25) is 19.7 Å². The fourth-order valence-corrected chi connectivity index (χ4v) is 4.22. The minimum absolute atomic E-state index is 0.00214. The van der Waals surface area contributed by atoms with Gasteiger partial charge in [-0.2, -0.15) is 13.2 Å². The number of urea groups is 1. The lowest BCUT2D eigenvalue weighted by atomic mass is 9.87. The van der Waals surface area contributed by atoms with E-state index in [2.05, 4.69) is 10.6 Å². The number of piperidine rings is 1. The molecule has 0 aromatic heterocycles. The lowest BCUT2D eigenvalue weighted by Gasteiger charge is -2.37. The summed E-state index contributed by atoms with van der Waals surface area (Å²) >= 11 is 0. The van der Waals surface area contributed by atoms with Crippen molar-refractivity contribution in [2.45, 2.75) is 31.0 Å². The predicted molar refractivity (Wildman–Crippen MR) is 97.1 cm³/mol. The topological polar surface area (TPSA) is 98.8 Å². The van der Waals surface area contributed by atoms with Crippen LogP contribution in [0.2, 0.25) is 0 Å². The van der Waals surface area contributed by atoms with E-state index >= 15 is 0 Å². The van der Waals surface area contributed by atoms with E-state index in [1.165, 1.54) is 21.9 Å². The lowest BCUT2D eigenvalue weighted by molar-refractivity contribution is -0.139. The molecule has 160 valence electrons.